The second kappa shape index (κ2) is 8.37. The number of hydrogen-bond donors (Lipinski definition) is 0. The number of hydrogen-bond acceptors (Lipinski definition) is 1. The third-order valence-electron chi connectivity index (χ3n) is 5.43. The van der Waals surface area contributed by atoms with E-state index in [0.717, 1.165) is 37.5 Å². The first kappa shape index (κ1) is 16.3. The Morgan fingerprint density at radius 2 is 1.43 bits per heavy atom. The molecule has 2 saturated carbocycles. The van der Waals surface area contributed by atoms with Crippen molar-refractivity contribution in [2.24, 2.45) is 23.7 Å². The van der Waals surface area contributed by atoms with E-state index in [-0.39, 0.29) is 5.92 Å². The lowest BCUT2D eigenvalue weighted by molar-refractivity contribution is 0.301. The van der Waals surface area contributed by atoms with Gasteiger partial charge in [0.05, 0.1) is 0 Å². The third-order valence-corrected chi connectivity index (χ3v) is 5.43. The summed E-state index contributed by atoms with van der Waals surface area (Å²) in [6.07, 6.45) is 17.6. The quantitative estimate of drug-likeness (QED) is 0.464. The number of halogens is 1. The molecule has 2 heteroatoms. The van der Waals surface area contributed by atoms with Gasteiger partial charge in [-0.3, -0.25) is 0 Å². The zero-order valence-electron chi connectivity index (χ0n) is 13.2. The van der Waals surface area contributed by atoms with Crippen LogP contribution in [0.25, 0.3) is 0 Å². The van der Waals surface area contributed by atoms with E-state index in [4.69, 9.17) is 5.26 Å². The molecule has 0 spiro atoms. The van der Waals surface area contributed by atoms with Crippen molar-refractivity contribution in [2.75, 3.05) is 0 Å². The second-order valence-corrected chi connectivity index (χ2v) is 6.88. The fraction of sp³-hybridized carbons (Fsp3) is 0.737. The van der Waals surface area contributed by atoms with Gasteiger partial charge in [0, 0.05) is 0 Å². The van der Waals surface area contributed by atoms with Crippen molar-refractivity contribution in [3.05, 3.63) is 24.1 Å². The molecule has 0 aliphatic heterocycles. The van der Waals surface area contributed by atoms with Gasteiger partial charge in [-0.1, -0.05) is 25.5 Å². The van der Waals surface area contributed by atoms with Crippen molar-refractivity contribution in [3.8, 4) is 6.07 Å². The van der Waals surface area contributed by atoms with Crippen LogP contribution in [0.3, 0.4) is 0 Å². The summed E-state index contributed by atoms with van der Waals surface area (Å²) in [6.45, 7) is 2.31. The molecule has 0 amide bonds. The predicted octanol–water partition coefficient (Wildman–Crippen LogP) is 5.94. The molecule has 0 aromatic heterocycles. The van der Waals surface area contributed by atoms with Crippen LogP contribution in [0, 0.1) is 35.0 Å². The van der Waals surface area contributed by atoms with E-state index in [1.807, 2.05) is 0 Å². The van der Waals surface area contributed by atoms with Crippen LogP contribution in [0.1, 0.15) is 64.7 Å². The van der Waals surface area contributed by atoms with Crippen LogP contribution in [0.4, 0.5) is 4.39 Å². The van der Waals surface area contributed by atoms with Gasteiger partial charge < -0.3 is 0 Å². The molecule has 0 unspecified atom stereocenters. The summed E-state index contributed by atoms with van der Waals surface area (Å²) in [4.78, 5) is 0. The molecule has 0 heterocycles. The van der Waals surface area contributed by atoms with Gasteiger partial charge in [-0.05, 0) is 81.1 Å². The monoisotopic (exact) mass is 289 g/mol. The third kappa shape index (κ3) is 5.30. The van der Waals surface area contributed by atoms with E-state index in [1.165, 1.54) is 38.2 Å². The maximum absolute atomic E-state index is 13.0. The van der Waals surface area contributed by atoms with Gasteiger partial charge in [0.15, 0.2) is 5.83 Å². The Labute approximate surface area is 128 Å². The fourth-order valence-electron chi connectivity index (χ4n) is 3.85. The smallest absolute Gasteiger partial charge is 0.195 e. The SMILES string of the molecule is CC[C@H]1CC[C@H](C=CC2CCC(C=C(F)C#N)CC2)CC1. The highest BCUT2D eigenvalue weighted by atomic mass is 19.1. The Kier molecular flexibility index (Phi) is 6.49. The molecule has 2 fully saturated rings. The Morgan fingerprint density at radius 3 is 1.90 bits per heavy atom. The van der Waals surface area contributed by atoms with Crippen LogP contribution in [0.15, 0.2) is 24.1 Å². The van der Waals surface area contributed by atoms with E-state index in [2.05, 4.69) is 19.1 Å². The molecule has 2 aliphatic carbocycles. The van der Waals surface area contributed by atoms with Crippen LogP contribution >= 0.6 is 0 Å². The highest BCUT2D eigenvalue weighted by Crippen LogP contribution is 2.34. The molecule has 0 aromatic carbocycles. The molecule has 0 saturated heterocycles. The van der Waals surface area contributed by atoms with E-state index in [0.29, 0.717) is 5.92 Å². The molecule has 0 radical (unpaired) electrons. The lowest BCUT2D eigenvalue weighted by Gasteiger charge is -2.27. The van der Waals surface area contributed by atoms with Gasteiger partial charge in [0.25, 0.3) is 0 Å². The summed E-state index contributed by atoms with van der Waals surface area (Å²) < 4.78 is 13.0. The zero-order valence-corrected chi connectivity index (χ0v) is 13.2. The molecular formula is C19H28FN. The number of allylic oxidation sites excluding steroid dienone is 4. The van der Waals surface area contributed by atoms with E-state index >= 15 is 0 Å². The molecule has 116 valence electrons. The molecular weight excluding hydrogens is 261 g/mol. The lowest BCUT2D eigenvalue weighted by Crippen LogP contribution is -2.14. The molecule has 21 heavy (non-hydrogen) atoms. The van der Waals surface area contributed by atoms with Crippen LogP contribution in [-0.4, -0.2) is 0 Å². The topological polar surface area (TPSA) is 23.8 Å². The number of nitrogens with zero attached hydrogens (tertiary/aromatic N) is 1. The molecule has 0 bridgehead atoms. The molecule has 0 aromatic rings. The second-order valence-electron chi connectivity index (χ2n) is 6.88. The Morgan fingerprint density at radius 1 is 0.952 bits per heavy atom. The van der Waals surface area contributed by atoms with Crippen LogP contribution < -0.4 is 0 Å². The Balaban J connectivity index is 1.71. The summed E-state index contributed by atoms with van der Waals surface area (Å²) >= 11 is 0. The summed E-state index contributed by atoms with van der Waals surface area (Å²) in [7, 11) is 0. The van der Waals surface area contributed by atoms with Crippen molar-refractivity contribution in [2.45, 2.75) is 64.7 Å². The predicted molar refractivity (Wildman–Crippen MR) is 85.1 cm³/mol. The van der Waals surface area contributed by atoms with Crippen molar-refractivity contribution >= 4 is 0 Å². The lowest BCUT2D eigenvalue weighted by atomic mass is 9.78. The first-order valence-electron chi connectivity index (χ1n) is 8.67. The van der Waals surface area contributed by atoms with Gasteiger partial charge in [0.2, 0.25) is 0 Å². The largest absolute Gasteiger partial charge is 0.196 e. The summed E-state index contributed by atoms with van der Waals surface area (Å²) in [5, 5.41) is 8.48. The van der Waals surface area contributed by atoms with Gasteiger partial charge in [-0.25, -0.2) is 0 Å². The average Bonchev–Trinajstić information content (AvgIpc) is 2.54. The maximum Gasteiger partial charge on any atom is 0.196 e. The van der Waals surface area contributed by atoms with Gasteiger partial charge in [0.1, 0.15) is 6.07 Å². The fourth-order valence-corrected chi connectivity index (χ4v) is 3.85. The minimum Gasteiger partial charge on any atom is -0.195 e. The van der Waals surface area contributed by atoms with Crippen molar-refractivity contribution in [1.29, 1.82) is 5.26 Å². The first-order valence-corrected chi connectivity index (χ1v) is 8.67. The molecule has 0 N–H and O–H groups in total. The highest BCUT2D eigenvalue weighted by Gasteiger charge is 2.21. The summed E-state index contributed by atoms with van der Waals surface area (Å²) in [5.74, 6) is 2.09. The Hall–Kier alpha value is -1.10. The van der Waals surface area contributed by atoms with Gasteiger partial charge in [-0.2, -0.15) is 9.65 Å². The van der Waals surface area contributed by atoms with E-state index < -0.39 is 5.83 Å². The number of nitriles is 1. The van der Waals surface area contributed by atoms with Gasteiger partial charge >= 0.3 is 0 Å². The zero-order chi connectivity index (χ0) is 15.1. The highest BCUT2D eigenvalue weighted by molar-refractivity contribution is 5.13. The maximum atomic E-state index is 13.0. The summed E-state index contributed by atoms with van der Waals surface area (Å²) in [6, 6.07) is 1.58. The van der Waals surface area contributed by atoms with Crippen LogP contribution in [0.5, 0.6) is 0 Å². The van der Waals surface area contributed by atoms with Gasteiger partial charge in [-0.15, -0.1) is 0 Å². The minimum absolute atomic E-state index is 0.272. The standard InChI is InChI=1S/C19H28FN/c1-2-15-3-5-16(6-4-15)7-8-17-9-11-18(12-10-17)13-19(20)14-21/h7-8,13,15-18H,2-6,9-12H2,1H3/t15-,16-,17?,18?. The first-order chi connectivity index (χ1) is 10.2. The van der Waals surface area contributed by atoms with Crippen LogP contribution in [0.2, 0.25) is 0 Å². The normalized spacial score (nSPS) is 34.8. The Bertz CT molecular complexity index is 402. The minimum atomic E-state index is -0.610. The average molecular weight is 289 g/mol. The van der Waals surface area contributed by atoms with E-state index in [1.54, 1.807) is 6.07 Å². The molecule has 0 atom stereocenters. The van der Waals surface area contributed by atoms with E-state index in [9.17, 15) is 4.39 Å². The summed E-state index contributed by atoms with van der Waals surface area (Å²) in [5.41, 5.74) is 0. The van der Waals surface area contributed by atoms with Crippen molar-refractivity contribution in [1.82, 2.24) is 0 Å². The molecule has 2 aliphatic rings. The molecule has 1 nitrogen and oxygen atoms in total. The number of rotatable bonds is 4. The van der Waals surface area contributed by atoms with Crippen LogP contribution in [-0.2, 0) is 0 Å². The van der Waals surface area contributed by atoms with Crippen molar-refractivity contribution < 1.29 is 4.39 Å². The molecule has 2 rings (SSSR count). The van der Waals surface area contributed by atoms with Crippen molar-refractivity contribution in [3.63, 3.8) is 0 Å².